The molecule has 0 atom stereocenters. The van der Waals surface area contributed by atoms with Crippen LogP contribution in [0.5, 0.6) is 23.0 Å². The van der Waals surface area contributed by atoms with Crippen LogP contribution >= 0.6 is 11.3 Å². The lowest BCUT2D eigenvalue weighted by molar-refractivity contribution is 0.0956. The molecule has 0 amide bonds. The van der Waals surface area contributed by atoms with Crippen molar-refractivity contribution in [1.29, 1.82) is 0 Å². The number of thiophene rings is 1. The van der Waals surface area contributed by atoms with Gasteiger partial charge in [0.15, 0.2) is 5.76 Å². The second-order valence-electron chi connectivity index (χ2n) is 8.07. The third-order valence-electron chi connectivity index (χ3n) is 5.98. The summed E-state index contributed by atoms with van der Waals surface area (Å²) in [5, 5.41) is 2.10. The minimum atomic E-state index is -0.135. The molecule has 2 aromatic carbocycles. The Balaban J connectivity index is 1.40. The third-order valence-corrected chi connectivity index (χ3v) is 6.92. The molecule has 6 nitrogen and oxygen atoms in total. The number of hydrogen-bond acceptors (Lipinski definition) is 7. The summed E-state index contributed by atoms with van der Waals surface area (Å²) in [5.41, 5.74) is 3.20. The Hall–Kier alpha value is -3.29. The summed E-state index contributed by atoms with van der Waals surface area (Å²) in [6.45, 7) is 4.12. The van der Waals surface area contributed by atoms with Crippen LogP contribution in [0, 0.1) is 6.92 Å². The highest BCUT2D eigenvalue weighted by Crippen LogP contribution is 2.43. The number of nitrogens with zero attached hydrogens (tertiary/aromatic N) is 1. The maximum atomic E-state index is 13.2. The van der Waals surface area contributed by atoms with E-state index in [2.05, 4.69) is 22.4 Å². The van der Waals surface area contributed by atoms with Gasteiger partial charge in [-0.1, -0.05) is 6.07 Å². The average molecular weight is 464 g/mol. The van der Waals surface area contributed by atoms with Gasteiger partial charge >= 0.3 is 0 Å². The predicted octanol–water partition coefficient (Wildman–Crippen LogP) is 5.08. The van der Waals surface area contributed by atoms with Crippen molar-refractivity contribution < 1.29 is 23.7 Å². The molecule has 170 valence electrons. The van der Waals surface area contributed by atoms with Gasteiger partial charge in [-0.2, -0.15) is 0 Å². The van der Waals surface area contributed by atoms with Gasteiger partial charge in [-0.15, -0.1) is 11.3 Å². The second-order valence-corrected chi connectivity index (χ2v) is 9.10. The van der Waals surface area contributed by atoms with E-state index in [-0.39, 0.29) is 11.5 Å². The smallest absolute Gasteiger partial charge is 0.231 e. The van der Waals surface area contributed by atoms with Crippen LogP contribution in [0.4, 0.5) is 0 Å². The zero-order valence-corrected chi connectivity index (χ0v) is 19.7. The molecule has 0 unspecified atom stereocenters. The fourth-order valence-corrected chi connectivity index (χ4v) is 4.94. The van der Waals surface area contributed by atoms with Crippen LogP contribution in [-0.4, -0.2) is 38.2 Å². The van der Waals surface area contributed by atoms with Gasteiger partial charge in [0.2, 0.25) is 5.78 Å². The summed E-state index contributed by atoms with van der Waals surface area (Å²) in [4.78, 5) is 16.8. The van der Waals surface area contributed by atoms with E-state index in [1.807, 2.05) is 25.1 Å². The van der Waals surface area contributed by atoms with E-state index in [1.54, 1.807) is 37.7 Å². The molecular formula is C26H25NO5S. The Morgan fingerprint density at radius 2 is 2.03 bits per heavy atom. The van der Waals surface area contributed by atoms with E-state index in [1.165, 1.54) is 4.88 Å². The first kappa shape index (κ1) is 21.6. The van der Waals surface area contributed by atoms with Crippen molar-refractivity contribution in [2.45, 2.75) is 19.9 Å². The van der Waals surface area contributed by atoms with E-state index >= 15 is 0 Å². The standard InChI is InChI=1S/C26H25NO5S/c1-16-25-18(14-27(15-31-25)9-8-20-5-4-10-33-20)11-21-24(28)23(32-26(16)21)12-17-6-7-19(29-2)13-22(17)30-3/h4-7,10-13H,8-9,14-15H2,1-3H3/b23-12-. The Labute approximate surface area is 197 Å². The van der Waals surface area contributed by atoms with Crippen LogP contribution in [-0.2, 0) is 13.0 Å². The van der Waals surface area contributed by atoms with Crippen molar-refractivity contribution in [2.24, 2.45) is 0 Å². The van der Waals surface area contributed by atoms with Crippen molar-refractivity contribution in [3.8, 4) is 23.0 Å². The molecule has 0 spiro atoms. The second kappa shape index (κ2) is 8.92. The highest BCUT2D eigenvalue weighted by Gasteiger charge is 2.33. The number of methoxy groups -OCH3 is 2. The van der Waals surface area contributed by atoms with E-state index in [9.17, 15) is 4.79 Å². The van der Waals surface area contributed by atoms with Crippen molar-refractivity contribution in [2.75, 3.05) is 27.5 Å². The molecule has 3 aromatic rings. The highest BCUT2D eigenvalue weighted by atomic mass is 32.1. The summed E-state index contributed by atoms with van der Waals surface area (Å²) in [7, 11) is 3.19. The Morgan fingerprint density at radius 1 is 1.15 bits per heavy atom. The summed E-state index contributed by atoms with van der Waals surface area (Å²) in [5.74, 6) is 2.81. The first-order chi connectivity index (χ1) is 16.1. The number of carbonyl (C=O) groups excluding carboxylic acids is 1. The van der Waals surface area contributed by atoms with Gasteiger partial charge in [0, 0.05) is 40.7 Å². The lowest BCUT2D eigenvalue weighted by atomic mass is 10.00. The number of fused-ring (bicyclic) bond motifs is 2. The normalized spacial score (nSPS) is 16.2. The van der Waals surface area contributed by atoms with Gasteiger partial charge < -0.3 is 18.9 Å². The molecule has 1 aromatic heterocycles. The van der Waals surface area contributed by atoms with Crippen molar-refractivity contribution >= 4 is 23.2 Å². The number of allylic oxidation sites excluding steroid dienone is 1. The molecule has 2 aliphatic heterocycles. The molecular weight excluding hydrogens is 438 g/mol. The van der Waals surface area contributed by atoms with Crippen LogP contribution in [0.1, 0.15) is 31.9 Å². The number of ketones is 1. The number of hydrogen-bond donors (Lipinski definition) is 0. The van der Waals surface area contributed by atoms with Crippen LogP contribution in [0.25, 0.3) is 6.08 Å². The molecule has 0 aliphatic carbocycles. The van der Waals surface area contributed by atoms with E-state index < -0.39 is 0 Å². The summed E-state index contributed by atoms with van der Waals surface area (Å²) >= 11 is 1.77. The molecule has 0 saturated heterocycles. The van der Waals surface area contributed by atoms with Gasteiger partial charge in [0.05, 0.1) is 19.8 Å². The molecule has 0 bridgehead atoms. The van der Waals surface area contributed by atoms with Gasteiger partial charge in [-0.05, 0) is 49.1 Å². The molecule has 5 rings (SSSR count). The monoisotopic (exact) mass is 463 g/mol. The topological polar surface area (TPSA) is 57.2 Å². The van der Waals surface area contributed by atoms with E-state index in [0.29, 0.717) is 29.5 Å². The fraction of sp³-hybridized carbons (Fsp3) is 0.269. The summed E-state index contributed by atoms with van der Waals surface area (Å²) in [6, 6.07) is 11.6. The van der Waals surface area contributed by atoms with Crippen LogP contribution in [0.2, 0.25) is 0 Å². The molecule has 0 radical (unpaired) electrons. The van der Waals surface area contributed by atoms with Crippen LogP contribution < -0.4 is 18.9 Å². The Bertz CT molecular complexity index is 1230. The quantitative estimate of drug-likeness (QED) is 0.475. The van der Waals surface area contributed by atoms with Gasteiger partial charge in [0.25, 0.3) is 0 Å². The number of ether oxygens (including phenoxy) is 4. The van der Waals surface area contributed by atoms with Gasteiger partial charge in [-0.25, -0.2) is 0 Å². The van der Waals surface area contributed by atoms with E-state index in [4.69, 9.17) is 18.9 Å². The number of benzene rings is 2. The largest absolute Gasteiger partial charge is 0.497 e. The number of carbonyl (C=O) groups is 1. The Kier molecular flexibility index (Phi) is 5.83. The molecule has 33 heavy (non-hydrogen) atoms. The van der Waals surface area contributed by atoms with Gasteiger partial charge in [0.1, 0.15) is 29.7 Å². The maximum absolute atomic E-state index is 13.2. The highest BCUT2D eigenvalue weighted by molar-refractivity contribution is 7.09. The van der Waals surface area contributed by atoms with E-state index in [0.717, 1.165) is 42.0 Å². The molecule has 2 aliphatic rings. The zero-order valence-electron chi connectivity index (χ0n) is 18.8. The van der Waals surface area contributed by atoms with Gasteiger partial charge in [-0.3, -0.25) is 9.69 Å². The zero-order chi connectivity index (χ0) is 22.9. The van der Waals surface area contributed by atoms with Crippen molar-refractivity contribution in [3.63, 3.8) is 0 Å². The Morgan fingerprint density at radius 3 is 2.79 bits per heavy atom. The van der Waals surface area contributed by atoms with Crippen LogP contribution in [0.15, 0.2) is 47.5 Å². The third kappa shape index (κ3) is 4.10. The summed E-state index contributed by atoms with van der Waals surface area (Å²) < 4.78 is 22.8. The maximum Gasteiger partial charge on any atom is 0.231 e. The van der Waals surface area contributed by atoms with Crippen molar-refractivity contribution in [3.05, 3.63) is 74.7 Å². The average Bonchev–Trinajstić information content (AvgIpc) is 3.47. The molecule has 0 N–H and O–H groups in total. The lowest BCUT2D eigenvalue weighted by Gasteiger charge is -2.30. The van der Waals surface area contributed by atoms with Crippen LogP contribution in [0.3, 0.4) is 0 Å². The number of rotatable bonds is 6. The minimum absolute atomic E-state index is 0.135. The molecule has 0 saturated carbocycles. The lowest BCUT2D eigenvalue weighted by Crippen LogP contribution is -2.34. The molecule has 3 heterocycles. The SMILES string of the molecule is COc1ccc(/C=C2\Oc3c(cc4c(c3C)OCN(CCc3cccs3)C4)C2=O)c(OC)c1. The minimum Gasteiger partial charge on any atom is -0.497 e. The predicted molar refractivity (Wildman–Crippen MR) is 128 cm³/mol. The molecule has 7 heteroatoms. The first-order valence-corrected chi connectivity index (χ1v) is 11.7. The molecule has 0 fully saturated rings. The number of Topliss-reactive ketones (excluding diaryl/α,β-unsaturated/α-hetero) is 1. The van der Waals surface area contributed by atoms with Crippen molar-refractivity contribution in [1.82, 2.24) is 4.90 Å². The first-order valence-electron chi connectivity index (χ1n) is 10.8. The summed E-state index contributed by atoms with van der Waals surface area (Å²) in [6.07, 6.45) is 2.70. The fourth-order valence-electron chi connectivity index (χ4n) is 4.24.